The topological polar surface area (TPSA) is 76.6 Å². The van der Waals surface area contributed by atoms with Crippen LogP contribution in [0.3, 0.4) is 0 Å². The maximum absolute atomic E-state index is 12.2. The number of hydrogen-bond donors (Lipinski definition) is 1. The molecule has 0 saturated carbocycles. The van der Waals surface area contributed by atoms with Crippen molar-refractivity contribution in [2.75, 3.05) is 31.1 Å². The summed E-state index contributed by atoms with van der Waals surface area (Å²) in [4.78, 5) is 23.2. The number of benzene rings is 1. The number of nitrogens with zero attached hydrogens (tertiary/aromatic N) is 3. The lowest BCUT2D eigenvalue weighted by Gasteiger charge is -2.18. The van der Waals surface area contributed by atoms with Gasteiger partial charge in [-0.15, -0.1) is 0 Å². The molecule has 7 nitrogen and oxygen atoms in total. The number of carbonyl (C=O) groups excluding carboxylic acids is 1. The lowest BCUT2D eigenvalue weighted by molar-refractivity contribution is -0.127. The molecule has 156 valence electrons. The van der Waals surface area contributed by atoms with E-state index in [0.717, 1.165) is 18.9 Å². The highest BCUT2D eigenvalue weighted by atomic mass is 35.5. The summed E-state index contributed by atoms with van der Waals surface area (Å²) in [6.45, 7) is 6.11. The summed E-state index contributed by atoms with van der Waals surface area (Å²) in [5.41, 5.74) is 0. The summed E-state index contributed by atoms with van der Waals surface area (Å²) < 4.78 is 11.3. The second-order valence-corrected chi connectivity index (χ2v) is 7.62. The van der Waals surface area contributed by atoms with Crippen molar-refractivity contribution in [2.24, 2.45) is 0 Å². The minimum absolute atomic E-state index is 0.267. The van der Waals surface area contributed by atoms with Crippen LogP contribution in [0.15, 0.2) is 24.3 Å². The Balaban J connectivity index is 1.45. The number of rotatable bonds is 8. The molecule has 0 bridgehead atoms. The van der Waals surface area contributed by atoms with Gasteiger partial charge in [-0.05, 0) is 44.9 Å². The highest BCUT2D eigenvalue weighted by molar-refractivity contribution is 6.35. The average molecular weight is 439 g/mol. The predicted molar refractivity (Wildman–Crippen MR) is 113 cm³/mol. The van der Waals surface area contributed by atoms with Crippen LogP contribution < -0.4 is 19.7 Å². The summed E-state index contributed by atoms with van der Waals surface area (Å²) in [5, 5.41) is 3.64. The molecule has 3 rings (SSSR count). The molecular formula is C20H24Cl2N4O3. The van der Waals surface area contributed by atoms with Gasteiger partial charge in [0.1, 0.15) is 24.0 Å². The normalized spacial score (nSPS) is 14.6. The Kier molecular flexibility index (Phi) is 7.39. The van der Waals surface area contributed by atoms with E-state index in [1.807, 2.05) is 13.0 Å². The largest absolute Gasteiger partial charge is 0.479 e. The molecule has 1 aromatic heterocycles. The molecule has 2 heterocycles. The van der Waals surface area contributed by atoms with Crippen LogP contribution in [0.1, 0.15) is 25.6 Å². The highest BCUT2D eigenvalue weighted by Crippen LogP contribution is 2.28. The van der Waals surface area contributed by atoms with Crippen molar-refractivity contribution in [2.45, 2.75) is 32.8 Å². The molecular weight excluding hydrogens is 415 g/mol. The Morgan fingerprint density at radius 2 is 2.00 bits per heavy atom. The first-order valence-electron chi connectivity index (χ1n) is 9.55. The smallest absolute Gasteiger partial charge is 0.260 e. The van der Waals surface area contributed by atoms with Gasteiger partial charge in [-0.1, -0.05) is 23.2 Å². The van der Waals surface area contributed by atoms with E-state index in [0.29, 0.717) is 34.0 Å². The standard InChI is InChI=1S/C20H24Cl2N4O3/c1-13(29-17-6-5-15(21)11-16(17)22)20(27)23-7-10-28-19-12-18(24-14(2)25-19)26-8-3-4-9-26/h5-6,11-13H,3-4,7-10H2,1-2H3,(H,23,27). The second kappa shape index (κ2) is 9.98. The molecule has 9 heteroatoms. The van der Waals surface area contributed by atoms with E-state index >= 15 is 0 Å². The third-order valence-electron chi connectivity index (χ3n) is 4.45. The highest BCUT2D eigenvalue weighted by Gasteiger charge is 2.17. The SMILES string of the molecule is Cc1nc(OCCNC(=O)C(C)Oc2ccc(Cl)cc2Cl)cc(N2CCCC2)n1. The molecule has 1 fully saturated rings. The van der Waals surface area contributed by atoms with Crippen LogP contribution in [0.4, 0.5) is 5.82 Å². The monoisotopic (exact) mass is 438 g/mol. The molecule has 2 aromatic rings. The van der Waals surface area contributed by atoms with Gasteiger partial charge in [0, 0.05) is 24.2 Å². The molecule has 1 aliphatic heterocycles. The van der Waals surface area contributed by atoms with Crippen molar-refractivity contribution in [3.63, 3.8) is 0 Å². The molecule has 0 aliphatic carbocycles. The van der Waals surface area contributed by atoms with Crippen LogP contribution in [0.25, 0.3) is 0 Å². The van der Waals surface area contributed by atoms with Crippen LogP contribution in [-0.2, 0) is 4.79 Å². The molecule has 1 aliphatic rings. The second-order valence-electron chi connectivity index (χ2n) is 6.78. The molecule has 0 radical (unpaired) electrons. The zero-order valence-corrected chi connectivity index (χ0v) is 18.0. The van der Waals surface area contributed by atoms with Gasteiger partial charge in [0.2, 0.25) is 5.88 Å². The summed E-state index contributed by atoms with van der Waals surface area (Å²) in [7, 11) is 0. The number of halogens is 2. The third kappa shape index (κ3) is 6.11. The molecule has 1 saturated heterocycles. The zero-order valence-electron chi connectivity index (χ0n) is 16.5. The van der Waals surface area contributed by atoms with E-state index < -0.39 is 6.10 Å². The molecule has 1 aromatic carbocycles. The van der Waals surface area contributed by atoms with Gasteiger partial charge in [0.25, 0.3) is 5.91 Å². The van der Waals surface area contributed by atoms with E-state index in [-0.39, 0.29) is 12.5 Å². The number of hydrogen-bond acceptors (Lipinski definition) is 6. The van der Waals surface area contributed by atoms with Crippen LogP contribution in [-0.4, -0.2) is 48.2 Å². The van der Waals surface area contributed by atoms with Gasteiger partial charge in [-0.25, -0.2) is 4.98 Å². The molecule has 1 N–H and O–H groups in total. The Morgan fingerprint density at radius 1 is 1.24 bits per heavy atom. The molecule has 1 amide bonds. The van der Waals surface area contributed by atoms with E-state index in [1.165, 1.54) is 12.8 Å². The van der Waals surface area contributed by atoms with E-state index in [1.54, 1.807) is 25.1 Å². The first kappa shape index (κ1) is 21.5. The van der Waals surface area contributed by atoms with Crippen molar-refractivity contribution in [3.05, 3.63) is 40.1 Å². The van der Waals surface area contributed by atoms with Crippen molar-refractivity contribution >= 4 is 34.9 Å². The first-order chi connectivity index (χ1) is 13.9. The van der Waals surface area contributed by atoms with Crippen LogP contribution in [0.5, 0.6) is 11.6 Å². The van der Waals surface area contributed by atoms with E-state index in [2.05, 4.69) is 20.2 Å². The number of amides is 1. The fourth-order valence-electron chi connectivity index (χ4n) is 3.00. The maximum Gasteiger partial charge on any atom is 0.260 e. The third-order valence-corrected chi connectivity index (χ3v) is 4.98. The number of carbonyl (C=O) groups is 1. The van der Waals surface area contributed by atoms with Crippen molar-refractivity contribution in [1.82, 2.24) is 15.3 Å². The van der Waals surface area contributed by atoms with Gasteiger partial charge in [-0.3, -0.25) is 4.79 Å². The van der Waals surface area contributed by atoms with Gasteiger partial charge in [-0.2, -0.15) is 4.98 Å². The number of aryl methyl sites for hydroxylation is 1. The number of ether oxygens (including phenoxy) is 2. The first-order valence-corrected chi connectivity index (χ1v) is 10.3. The fraction of sp³-hybridized carbons (Fsp3) is 0.450. The lowest BCUT2D eigenvalue weighted by Crippen LogP contribution is -2.38. The number of anilines is 1. The summed E-state index contributed by atoms with van der Waals surface area (Å²) in [6.07, 6.45) is 1.64. The molecule has 0 spiro atoms. The summed E-state index contributed by atoms with van der Waals surface area (Å²) in [6, 6.07) is 6.69. The Morgan fingerprint density at radius 3 is 2.72 bits per heavy atom. The molecule has 1 atom stereocenters. The minimum Gasteiger partial charge on any atom is -0.479 e. The molecule has 1 unspecified atom stereocenters. The van der Waals surface area contributed by atoms with Gasteiger partial charge < -0.3 is 19.7 Å². The number of aromatic nitrogens is 2. The zero-order chi connectivity index (χ0) is 20.8. The van der Waals surface area contributed by atoms with Crippen LogP contribution in [0, 0.1) is 6.92 Å². The van der Waals surface area contributed by atoms with Crippen LogP contribution >= 0.6 is 23.2 Å². The Bertz CT molecular complexity index is 860. The Hall–Kier alpha value is -2.25. The van der Waals surface area contributed by atoms with Crippen LogP contribution in [0.2, 0.25) is 10.0 Å². The average Bonchev–Trinajstić information content (AvgIpc) is 3.21. The van der Waals surface area contributed by atoms with Crippen molar-refractivity contribution in [3.8, 4) is 11.6 Å². The summed E-state index contributed by atoms with van der Waals surface area (Å²) >= 11 is 11.9. The fourth-order valence-corrected chi connectivity index (χ4v) is 3.45. The van der Waals surface area contributed by atoms with Gasteiger partial charge in [0.05, 0.1) is 11.6 Å². The molecule has 29 heavy (non-hydrogen) atoms. The van der Waals surface area contributed by atoms with E-state index in [9.17, 15) is 4.79 Å². The van der Waals surface area contributed by atoms with Crippen molar-refractivity contribution in [1.29, 1.82) is 0 Å². The lowest BCUT2D eigenvalue weighted by atomic mass is 10.3. The minimum atomic E-state index is -0.711. The maximum atomic E-state index is 12.2. The van der Waals surface area contributed by atoms with Gasteiger partial charge >= 0.3 is 0 Å². The Labute approximate surface area is 180 Å². The quantitative estimate of drug-likeness (QED) is 0.633. The summed E-state index contributed by atoms with van der Waals surface area (Å²) in [5.74, 6) is 2.19. The van der Waals surface area contributed by atoms with Gasteiger partial charge in [0.15, 0.2) is 6.10 Å². The van der Waals surface area contributed by atoms with E-state index in [4.69, 9.17) is 32.7 Å². The van der Waals surface area contributed by atoms with Crippen molar-refractivity contribution < 1.29 is 14.3 Å². The number of nitrogens with one attached hydrogen (secondary N) is 1. The predicted octanol–water partition coefficient (Wildman–Crippen LogP) is 3.65.